The van der Waals surface area contributed by atoms with Crippen LogP contribution in [-0.4, -0.2) is 34.8 Å². The van der Waals surface area contributed by atoms with Gasteiger partial charge in [-0.25, -0.2) is 4.98 Å². The summed E-state index contributed by atoms with van der Waals surface area (Å²) in [7, 11) is 0. The van der Waals surface area contributed by atoms with Gasteiger partial charge in [-0.05, 0) is 17.4 Å². The first-order valence-electron chi connectivity index (χ1n) is 9.39. The fourth-order valence-corrected chi connectivity index (χ4v) is 3.40. The van der Waals surface area contributed by atoms with Crippen LogP contribution in [0.1, 0.15) is 48.8 Å². The minimum atomic E-state index is -0.155. The van der Waals surface area contributed by atoms with Gasteiger partial charge in [0.05, 0.1) is 13.0 Å². The van der Waals surface area contributed by atoms with Crippen LogP contribution in [0.15, 0.2) is 35.7 Å². The zero-order valence-electron chi connectivity index (χ0n) is 16.6. The Bertz CT molecular complexity index is 741. The van der Waals surface area contributed by atoms with Crippen molar-refractivity contribution in [2.24, 2.45) is 11.8 Å². The average molecular weight is 388 g/mol. The molecule has 1 N–H and O–H groups in total. The van der Waals surface area contributed by atoms with Crippen LogP contribution in [0.25, 0.3) is 0 Å². The second-order valence-electron chi connectivity index (χ2n) is 7.56. The maximum atomic E-state index is 12.8. The van der Waals surface area contributed by atoms with Crippen molar-refractivity contribution < 1.29 is 9.59 Å². The molecule has 6 heteroatoms. The topological polar surface area (TPSA) is 62.3 Å². The van der Waals surface area contributed by atoms with Gasteiger partial charge in [-0.15, -0.1) is 11.3 Å². The minimum absolute atomic E-state index is 0.0795. The fourth-order valence-electron chi connectivity index (χ4n) is 2.62. The first-order chi connectivity index (χ1) is 12.8. The molecule has 0 atom stereocenters. The number of amides is 2. The molecule has 146 valence electrons. The molecule has 2 aromatic rings. The lowest BCUT2D eigenvalue weighted by molar-refractivity contribution is -0.131. The van der Waals surface area contributed by atoms with E-state index in [-0.39, 0.29) is 11.8 Å². The Labute approximate surface area is 165 Å². The highest BCUT2D eigenvalue weighted by atomic mass is 32.1. The molecule has 0 aliphatic carbocycles. The van der Waals surface area contributed by atoms with Gasteiger partial charge in [0, 0.05) is 18.5 Å². The van der Waals surface area contributed by atoms with Crippen molar-refractivity contribution in [1.29, 1.82) is 0 Å². The molecule has 1 heterocycles. The molecule has 0 saturated carbocycles. The number of rotatable bonds is 9. The number of hydrogen-bond donors (Lipinski definition) is 1. The predicted octanol–water partition coefficient (Wildman–Crippen LogP) is 3.76. The number of benzene rings is 1. The zero-order valence-corrected chi connectivity index (χ0v) is 17.4. The molecular formula is C21H29N3O2S. The Kier molecular flexibility index (Phi) is 7.98. The fraction of sp³-hybridized carbons (Fsp3) is 0.476. The minimum Gasteiger partial charge on any atom is -0.350 e. The third kappa shape index (κ3) is 7.13. The highest BCUT2D eigenvalue weighted by molar-refractivity contribution is 7.09. The number of aromatic nitrogens is 1. The lowest BCUT2D eigenvalue weighted by Crippen LogP contribution is -2.35. The number of nitrogens with one attached hydrogen (secondary N) is 1. The lowest BCUT2D eigenvalue weighted by atomic mass is 10.1. The summed E-state index contributed by atoms with van der Waals surface area (Å²) in [5, 5.41) is 5.43. The van der Waals surface area contributed by atoms with Gasteiger partial charge in [-0.1, -0.05) is 58.0 Å². The molecule has 0 aliphatic heterocycles. The molecule has 27 heavy (non-hydrogen) atoms. The average Bonchev–Trinajstić information content (AvgIpc) is 3.08. The predicted molar refractivity (Wildman–Crippen MR) is 110 cm³/mol. The summed E-state index contributed by atoms with van der Waals surface area (Å²) in [5.74, 6) is 0.677. The molecule has 0 radical (unpaired) electrons. The normalized spacial score (nSPS) is 11.0. The van der Waals surface area contributed by atoms with Gasteiger partial charge < -0.3 is 10.2 Å². The smallest absolute Gasteiger partial charge is 0.270 e. The first-order valence-corrected chi connectivity index (χ1v) is 10.3. The Hall–Kier alpha value is -2.21. The third-order valence-electron chi connectivity index (χ3n) is 3.92. The van der Waals surface area contributed by atoms with E-state index in [1.54, 1.807) is 5.38 Å². The maximum Gasteiger partial charge on any atom is 0.270 e. The molecule has 2 amide bonds. The van der Waals surface area contributed by atoms with Crippen LogP contribution in [0.5, 0.6) is 0 Å². The molecule has 1 aromatic carbocycles. The molecule has 1 aromatic heterocycles. The molecule has 0 fully saturated rings. The Morgan fingerprint density at radius 2 is 1.81 bits per heavy atom. The summed E-state index contributed by atoms with van der Waals surface area (Å²) in [4.78, 5) is 31.2. The van der Waals surface area contributed by atoms with Gasteiger partial charge >= 0.3 is 0 Å². The summed E-state index contributed by atoms with van der Waals surface area (Å²) < 4.78 is 0. The second kappa shape index (κ2) is 10.2. The van der Waals surface area contributed by atoms with E-state index in [2.05, 4.69) is 38.0 Å². The van der Waals surface area contributed by atoms with Crippen molar-refractivity contribution in [3.8, 4) is 0 Å². The summed E-state index contributed by atoms with van der Waals surface area (Å²) in [6, 6.07) is 9.76. The standard InChI is InChI=1S/C21H29N3O2S/c1-15(2)11-22-21(26)18-14-27-19(23-18)13-24(12-16(3)4)20(25)10-17-8-6-5-7-9-17/h5-9,14-16H,10-13H2,1-4H3,(H,22,26). The van der Waals surface area contributed by atoms with E-state index in [1.165, 1.54) is 11.3 Å². The number of carbonyl (C=O) groups is 2. The van der Waals surface area contributed by atoms with Crippen molar-refractivity contribution in [3.63, 3.8) is 0 Å². The molecule has 5 nitrogen and oxygen atoms in total. The number of hydrogen-bond acceptors (Lipinski definition) is 4. The van der Waals surface area contributed by atoms with Gasteiger partial charge in [-0.3, -0.25) is 9.59 Å². The van der Waals surface area contributed by atoms with Crippen LogP contribution in [0, 0.1) is 11.8 Å². The molecule has 0 bridgehead atoms. The van der Waals surface area contributed by atoms with E-state index in [0.717, 1.165) is 10.6 Å². The van der Waals surface area contributed by atoms with Crippen LogP contribution >= 0.6 is 11.3 Å². The summed E-state index contributed by atoms with van der Waals surface area (Å²) in [6.07, 6.45) is 0.376. The molecule has 0 aliphatic rings. The lowest BCUT2D eigenvalue weighted by Gasteiger charge is -2.23. The quantitative estimate of drug-likeness (QED) is 0.713. The largest absolute Gasteiger partial charge is 0.350 e. The van der Waals surface area contributed by atoms with Gasteiger partial charge in [0.25, 0.3) is 5.91 Å². The zero-order chi connectivity index (χ0) is 19.8. The third-order valence-corrected chi connectivity index (χ3v) is 4.75. The van der Waals surface area contributed by atoms with Gasteiger partial charge in [0.15, 0.2) is 0 Å². The van der Waals surface area contributed by atoms with Gasteiger partial charge in [-0.2, -0.15) is 0 Å². The van der Waals surface area contributed by atoms with Crippen molar-refractivity contribution >= 4 is 23.2 Å². The second-order valence-corrected chi connectivity index (χ2v) is 8.50. The van der Waals surface area contributed by atoms with Crippen LogP contribution in [0.2, 0.25) is 0 Å². The van der Waals surface area contributed by atoms with Crippen molar-refractivity contribution in [2.45, 2.75) is 40.7 Å². The van der Waals surface area contributed by atoms with E-state index in [1.807, 2.05) is 35.2 Å². The molecule has 2 rings (SSSR count). The van der Waals surface area contributed by atoms with Crippen LogP contribution in [-0.2, 0) is 17.8 Å². The van der Waals surface area contributed by atoms with Crippen LogP contribution < -0.4 is 5.32 Å². The van der Waals surface area contributed by atoms with Crippen LogP contribution in [0.4, 0.5) is 0 Å². The number of nitrogens with zero attached hydrogens (tertiary/aromatic N) is 2. The van der Waals surface area contributed by atoms with Crippen LogP contribution in [0.3, 0.4) is 0 Å². The monoisotopic (exact) mass is 387 g/mol. The van der Waals surface area contributed by atoms with E-state index < -0.39 is 0 Å². The first kappa shape index (κ1) is 21.1. The molecule has 0 spiro atoms. The Morgan fingerprint density at radius 3 is 2.44 bits per heavy atom. The Balaban J connectivity index is 2.03. The molecular weight excluding hydrogens is 358 g/mol. The van der Waals surface area contributed by atoms with Crippen molar-refractivity contribution in [3.05, 3.63) is 52.0 Å². The maximum absolute atomic E-state index is 12.8. The van der Waals surface area contributed by atoms with E-state index >= 15 is 0 Å². The summed E-state index contributed by atoms with van der Waals surface area (Å²) in [6.45, 7) is 10.0. The van der Waals surface area contributed by atoms with E-state index in [4.69, 9.17) is 0 Å². The highest BCUT2D eigenvalue weighted by Gasteiger charge is 2.19. The number of carbonyl (C=O) groups excluding carboxylic acids is 2. The SMILES string of the molecule is CC(C)CNC(=O)c1csc(CN(CC(C)C)C(=O)Cc2ccccc2)n1. The van der Waals surface area contributed by atoms with Crippen molar-refractivity contribution in [1.82, 2.24) is 15.2 Å². The van der Waals surface area contributed by atoms with Gasteiger partial charge in [0.1, 0.15) is 10.7 Å². The molecule has 0 saturated heterocycles. The van der Waals surface area contributed by atoms with Crippen molar-refractivity contribution in [2.75, 3.05) is 13.1 Å². The highest BCUT2D eigenvalue weighted by Crippen LogP contribution is 2.15. The summed E-state index contributed by atoms with van der Waals surface area (Å²) in [5.41, 5.74) is 1.43. The summed E-state index contributed by atoms with van der Waals surface area (Å²) >= 11 is 1.43. The number of thiazole rings is 1. The Morgan fingerprint density at radius 1 is 1.11 bits per heavy atom. The van der Waals surface area contributed by atoms with E-state index in [0.29, 0.717) is 43.6 Å². The van der Waals surface area contributed by atoms with E-state index in [9.17, 15) is 9.59 Å². The van der Waals surface area contributed by atoms with Gasteiger partial charge in [0.2, 0.25) is 5.91 Å². The molecule has 0 unspecified atom stereocenters.